The topological polar surface area (TPSA) is 85.0 Å². The van der Waals surface area contributed by atoms with E-state index in [4.69, 9.17) is 4.42 Å². The van der Waals surface area contributed by atoms with Gasteiger partial charge < -0.3 is 15.1 Å². The summed E-state index contributed by atoms with van der Waals surface area (Å²) in [4.78, 5) is 16.8. The van der Waals surface area contributed by atoms with Gasteiger partial charge in [0.2, 0.25) is 0 Å². The molecule has 0 atom stereocenters. The number of benzene rings is 2. The van der Waals surface area contributed by atoms with Crippen LogP contribution in [0.15, 0.2) is 40.8 Å². The Morgan fingerprint density at radius 2 is 2.06 bits per heavy atom. The van der Waals surface area contributed by atoms with Crippen LogP contribution in [0.1, 0.15) is 33.2 Å². The fourth-order valence-corrected chi connectivity index (χ4v) is 3.92. The van der Waals surface area contributed by atoms with Crippen LogP contribution in [0.3, 0.4) is 0 Å². The molecule has 2 aromatic heterocycles. The highest BCUT2D eigenvalue weighted by Crippen LogP contribution is 2.35. The number of oxazole rings is 1. The summed E-state index contributed by atoms with van der Waals surface area (Å²) >= 11 is 0. The summed E-state index contributed by atoms with van der Waals surface area (Å²) in [7, 11) is 0. The maximum absolute atomic E-state index is 14.4. The predicted octanol–water partition coefficient (Wildman–Crippen LogP) is 4.38. The number of aromatic nitrogens is 3. The molecule has 0 saturated heterocycles. The van der Waals surface area contributed by atoms with E-state index in [2.05, 4.69) is 20.7 Å². The normalized spacial score (nSPS) is 13.8. The molecule has 0 radical (unpaired) electrons. The number of rotatable bonds is 3. The van der Waals surface area contributed by atoms with Crippen molar-refractivity contribution in [2.45, 2.75) is 26.1 Å². The summed E-state index contributed by atoms with van der Waals surface area (Å²) in [5.41, 5.74) is 0.564. The molecule has 33 heavy (non-hydrogen) atoms. The van der Waals surface area contributed by atoms with Crippen LogP contribution in [-0.4, -0.2) is 27.2 Å². The summed E-state index contributed by atoms with van der Waals surface area (Å²) in [5.74, 6) is -0.967. The summed E-state index contributed by atoms with van der Waals surface area (Å²) in [6.45, 7) is 2.20. The van der Waals surface area contributed by atoms with E-state index >= 15 is 0 Å². The Morgan fingerprint density at radius 3 is 2.85 bits per heavy atom. The van der Waals surface area contributed by atoms with E-state index in [0.29, 0.717) is 41.3 Å². The van der Waals surface area contributed by atoms with Crippen LogP contribution in [0.5, 0.6) is 0 Å². The number of nitrogens with one attached hydrogen (secondary N) is 2. The van der Waals surface area contributed by atoms with Crippen molar-refractivity contribution in [3.63, 3.8) is 0 Å². The lowest BCUT2D eigenvalue weighted by atomic mass is 10.1. The van der Waals surface area contributed by atoms with Gasteiger partial charge in [-0.1, -0.05) is 6.07 Å². The molecule has 0 unspecified atom stereocenters. The number of carbonyl (C=O) groups is 1. The third-order valence-corrected chi connectivity index (χ3v) is 5.38. The summed E-state index contributed by atoms with van der Waals surface area (Å²) in [6, 6.07) is 8.48. The molecule has 0 spiro atoms. The van der Waals surface area contributed by atoms with Crippen molar-refractivity contribution in [1.82, 2.24) is 20.1 Å². The molecule has 7 nitrogen and oxygen atoms in total. The van der Waals surface area contributed by atoms with E-state index in [1.54, 1.807) is 13.0 Å². The van der Waals surface area contributed by atoms with Gasteiger partial charge in [-0.3, -0.25) is 4.79 Å². The number of aryl methyl sites for hydroxylation is 1. The summed E-state index contributed by atoms with van der Waals surface area (Å²) in [5, 5.41) is 9.22. The molecule has 3 heterocycles. The number of amides is 1. The first-order valence-electron chi connectivity index (χ1n) is 10.1. The second-order valence-corrected chi connectivity index (χ2v) is 7.65. The van der Waals surface area contributed by atoms with Crippen molar-refractivity contribution in [2.75, 3.05) is 11.9 Å². The van der Waals surface area contributed by atoms with E-state index in [-0.39, 0.29) is 23.4 Å². The molecule has 0 saturated carbocycles. The Hall–Kier alpha value is -3.73. The van der Waals surface area contributed by atoms with Crippen LogP contribution in [0.25, 0.3) is 16.8 Å². The molecule has 2 N–H and O–H groups in total. The van der Waals surface area contributed by atoms with E-state index in [9.17, 15) is 22.4 Å². The van der Waals surface area contributed by atoms with Gasteiger partial charge in [-0.05, 0) is 18.2 Å². The molecular formula is C22H17F4N5O2. The lowest BCUT2D eigenvalue weighted by Gasteiger charge is -2.16. The molecule has 0 aliphatic carbocycles. The minimum absolute atomic E-state index is 0.0627. The van der Waals surface area contributed by atoms with Gasteiger partial charge in [0.15, 0.2) is 17.2 Å². The number of carbonyl (C=O) groups excluding carboxylic acids is 1. The average molecular weight is 459 g/mol. The number of anilines is 1. The molecule has 1 aliphatic rings. The zero-order valence-corrected chi connectivity index (χ0v) is 17.3. The Balaban J connectivity index is 1.48. The van der Waals surface area contributed by atoms with Crippen LogP contribution in [0.4, 0.5) is 23.2 Å². The Morgan fingerprint density at radius 1 is 1.24 bits per heavy atom. The maximum Gasteiger partial charge on any atom is 0.435 e. The molecule has 11 heteroatoms. The van der Waals surface area contributed by atoms with Gasteiger partial charge in [0.05, 0.1) is 17.1 Å². The molecule has 2 aromatic carbocycles. The first kappa shape index (κ1) is 21.1. The van der Waals surface area contributed by atoms with Crippen molar-refractivity contribution in [2.24, 2.45) is 0 Å². The second kappa shape index (κ2) is 7.69. The monoisotopic (exact) mass is 459 g/mol. The number of nitrogens with zero attached hydrogens (tertiary/aromatic N) is 3. The predicted molar refractivity (Wildman–Crippen MR) is 111 cm³/mol. The maximum atomic E-state index is 14.4. The summed E-state index contributed by atoms with van der Waals surface area (Å²) < 4.78 is 61.5. The molecule has 1 aliphatic heterocycles. The zero-order chi connectivity index (χ0) is 23.3. The fraction of sp³-hybridized carbons (Fsp3) is 0.227. The second-order valence-electron chi connectivity index (χ2n) is 7.65. The molecule has 1 amide bonds. The van der Waals surface area contributed by atoms with Crippen molar-refractivity contribution in [1.29, 1.82) is 0 Å². The van der Waals surface area contributed by atoms with Crippen LogP contribution >= 0.6 is 0 Å². The standard InChI is InChI=1S/C22H17F4N5O2/c1-11-28-17-8-15(23)16(9-19(17)33-11)29-21(32)12-3-2-4-13(7-12)31-18-5-6-27-10-14(18)20(30-31)22(24,25)26/h2-4,7-9,27H,5-6,10H2,1H3,(H,29,32). The SMILES string of the molecule is Cc1nc2cc(F)c(NC(=O)c3cccc(-n4nc(C(F)(F)F)c5c4CCNC5)c3)cc2o1. The third kappa shape index (κ3) is 3.84. The van der Waals surface area contributed by atoms with Gasteiger partial charge in [-0.15, -0.1) is 0 Å². The van der Waals surface area contributed by atoms with Crippen LogP contribution in [0, 0.1) is 12.7 Å². The highest BCUT2D eigenvalue weighted by atomic mass is 19.4. The third-order valence-electron chi connectivity index (χ3n) is 5.38. The van der Waals surface area contributed by atoms with Crippen molar-refractivity contribution < 1.29 is 26.8 Å². The van der Waals surface area contributed by atoms with Crippen molar-refractivity contribution in [3.05, 3.63) is 70.6 Å². The van der Waals surface area contributed by atoms with Gasteiger partial charge in [0.1, 0.15) is 11.3 Å². The van der Waals surface area contributed by atoms with Gasteiger partial charge >= 0.3 is 6.18 Å². The van der Waals surface area contributed by atoms with Crippen LogP contribution in [-0.2, 0) is 19.1 Å². The Kier molecular flexibility index (Phi) is 4.93. The fourth-order valence-electron chi connectivity index (χ4n) is 3.92. The number of hydrogen-bond acceptors (Lipinski definition) is 5. The molecule has 0 fully saturated rings. The van der Waals surface area contributed by atoms with E-state index in [0.717, 1.165) is 6.07 Å². The van der Waals surface area contributed by atoms with Gasteiger partial charge in [0, 0.05) is 49.7 Å². The van der Waals surface area contributed by atoms with E-state index in [1.165, 1.54) is 28.9 Å². The smallest absolute Gasteiger partial charge is 0.435 e. The molecular weight excluding hydrogens is 442 g/mol. The van der Waals surface area contributed by atoms with Crippen molar-refractivity contribution >= 4 is 22.7 Å². The van der Waals surface area contributed by atoms with Gasteiger partial charge in [0.25, 0.3) is 5.91 Å². The Labute approximate surface area is 184 Å². The quantitative estimate of drug-likeness (QED) is 0.445. The number of halogens is 4. The molecule has 170 valence electrons. The summed E-state index contributed by atoms with van der Waals surface area (Å²) in [6.07, 6.45) is -4.24. The number of hydrogen-bond donors (Lipinski definition) is 2. The average Bonchev–Trinajstić information content (AvgIpc) is 3.33. The molecule has 4 aromatic rings. The van der Waals surface area contributed by atoms with Gasteiger partial charge in [-0.25, -0.2) is 14.1 Å². The lowest BCUT2D eigenvalue weighted by Crippen LogP contribution is -2.26. The van der Waals surface area contributed by atoms with Gasteiger partial charge in [-0.2, -0.15) is 18.3 Å². The van der Waals surface area contributed by atoms with E-state index in [1.807, 2.05) is 0 Å². The highest BCUT2D eigenvalue weighted by Gasteiger charge is 2.39. The largest absolute Gasteiger partial charge is 0.441 e. The first-order chi connectivity index (χ1) is 15.7. The lowest BCUT2D eigenvalue weighted by molar-refractivity contribution is -0.142. The minimum Gasteiger partial charge on any atom is -0.441 e. The van der Waals surface area contributed by atoms with Crippen molar-refractivity contribution in [3.8, 4) is 5.69 Å². The highest BCUT2D eigenvalue weighted by molar-refractivity contribution is 6.05. The van der Waals surface area contributed by atoms with E-state index < -0.39 is 23.6 Å². The minimum atomic E-state index is -4.60. The molecule has 5 rings (SSSR count). The number of alkyl halides is 3. The van der Waals surface area contributed by atoms with Crippen LogP contribution in [0.2, 0.25) is 0 Å². The number of fused-ring (bicyclic) bond motifs is 2. The Bertz CT molecular complexity index is 1390. The first-order valence-corrected chi connectivity index (χ1v) is 10.1. The van der Waals surface area contributed by atoms with Crippen LogP contribution < -0.4 is 10.6 Å². The zero-order valence-electron chi connectivity index (χ0n) is 17.3. The molecule has 0 bridgehead atoms.